The Morgan fingerprint density at radius 1 is 1.21 bits per heavy atom. The van der Waals surface area contributed by atoms with Crippen molar-refractivity contribution in [1.82, 2.24) is 0 Å². The average Bonchev–Trinajstić information content (AvgIpc) is 2.75. The SMILES string of the molecule is CCN(C(=O)c1ccc(Cl)s1)c1cc(C)cc(C)c1. The molecular formula is C15H16ClNOS. The van der Waals surface area contributed by atoms with E-state index in [4.69, 9.17) is 11.6 Å². The molecule has 2 nitrogen and oxygen atoms in total. The van der Waals surface area contributed by atoms with E-state index in [-0.39, 0.29) is 5.91 Å². The summed E-state index contributed by atoms with van der Waals surface area (Å²) in [5, 5.41) is 0. The van der Waals surface area contributed by atoms with Crippen LogP contribution in [0.3, 0.4) is 0 Å². The van der Waals surface area contributed by atoms with Crippen molar-refractivity contribution in [2.24, 2.45) is 0 Å². The third-order valence-corrected chi connectivity index (χ3v) is 4.08. The minimum Gasteiger partial charge on any atom is -0.308 e. The van der Waals surface area contributed by atoms with Gasteiger partial charge >= 0.3 is 0 Å². The molecule has 100 valence electrons. The molecule has 2 aromatic rings. The number of carbonyl (C=O) groups is 1. The van der Waals surface area contributed by atoms with Gasteiger partial charge in [0.05, 0.1) is 9.21 Å². The summed E-state index contributed by atoms with van der Waals surface area (Å²) in [6, 6.07) is 9.70. The zero-order chi connectivity index (χ0) is 14.0. The maximum absolute atomic E-state index is 12.5. The highest BCUT2D eigenvalue weighted by Gasteiger charge is 2.18. The molecule has 0 radical (unpaired) electrons. The van der Waals surface area contributed by atoms with Crippen molar-refractivity contribution in [2.45, 2.75) is 20.8 Å². The molecule has 0 aliphatic carbocycles. The van der Waals surface area contributed by atoms with Gasteiger partial charge in [0.1, 0.15) is 0 Å². The van der Waals surface area contributed by atoms with Crippen LogP contribution in [-0.2, 0) is 0 Å². The summed E-state index contributed by atoms with van der Waals surface area (Å²) in [5.41, 5.74) is 3.26. The van der Waals surface area contributed by atoms with E-state index in [1.807, 2.05) is 32.9 Å². The van der Waals surface area contributed by atoms with Crippen molar-refractivity contribution in [3.05, 3.63) is 50.7 Å². The monoisotopic (exact) mass is 293 g/mol. The van der Waals surface area contributed by atoms with Gasteiger partial charge in [-0.1, -0.05) is 17.7 Å². The van der Waals surface area contributed by atoms with Crippen molar-refractivity contribution in [2.75, 3.05) is 11.4 Å². The first kappa shape index (κ1) is 14.1. The second-order valence-electron chi connectivity index (χ2n) is 4.50. The highest BCUT2D eigenvalue weighted by Crippen LogP contribution is 2.26. The summed E-state index contributed by atoms with van der Waals surface area (Å²) in [5.74, 6) is 0.00407. The minimum absolute atomic E-state index is 0.00407. The van der Waals surface area contributed by atoms with Gasteiger partial charge in [-0.25, -0.2) is 0 Å². The summed E-state index contributed by atoms with van der Waals surface area (Å²) in [4.78, 5) is 14.9. The van der Waals surface area contributed by atoms with E-state index in [1.165, 1.54) is 11.3 Å². The molecule has 0 saturated heterocycles. The van der Waals surface area contributed by atoms with E-state index in [2.05, 4.69) is 6.07 Å². The highest BCUT2D eigenvalue weighted by molar-refractivity contribution is 7.18. The highest BCUT2D eigenvalue weighted by atomic mass is 35.5. The number of aryl methyl sites for hydroxylation is 2. The lowest BCUT2D eigenvalue weighted by molar-refractivity contribution is 0.0992. The Bertz CT molecular complexity index is 586. The molecule has 0 bridgehead atoms. The van der Waals surface area contributed by atoms with E-state index in [9.17, 15) is 4.79 Å². The zero-order valence-corrected chi connectivity index (χ0v) is 12.8. The molecule has 0 aliphatic rings. The van der Waals surface area contributed by atoms with E-state index in [1.54, 1.807) is 17.0 Å². The molecule has 0 spiro atoms. The number of nitrogens with zero attached hydrogens (tertiary/aromatic N) is 1. The van der Waals surface area contributed by atoms with Crippen LogP contribution in [0.2, 0.25) is 4.34 Å². The molecule has 4 heteroatoms. The maximum Gasteiger partial charge on any atom is 0.268 e. The van der Waals surface area contributed by atoms with Gasteiger partial charge in [-0.05, 0) is 56.2 Å². The summed E-state index contributed by atoms with van der Waals surface area (Å²) >= 11 is 7.21. The second kappa shape index (κ2) is 5.76. The fourth-order valence-electron chi connectivity index (χ4n) is 2.11. The molecule has 1 amide bonds. The van der Waals surface area contributed by atoms with Crippen LogP contribution < -0.4 is 4.90 Å². The van der Waals surface area contributed by atoms with E-state index < -0.39 is 0 Å². The predicted molar refractivity (Wildman–Crippen MR) is 82.6 cm³/mol. The normalized spacial score (nSPS) is 10.5. The Morgan fingerprint density at radius 3 is 2.32 bits per heavy atom. The van der Waals surface area contributed by atoms with Crippen LogP contribution in [0.4, 0.5) is 5.69 Å². The van der Waals surface area contributed by atoms with Crippen molar-refractivity contribution < 1.29 is 4.79 Å². The number of amides is 1. The van der Waals surface area contributed by atoms with Gasteiger partial charge in [0.15, 0.2) is 0 Å². The molecule has 1 heterocycles. The molecular weight excluding hydrogens is 278 g/mol. The Morgan fingerprint density at radius 2 is 1.84 bits per heavy atom. The molecule has 0 saturated carbocycles. The van der Waals surface area contributed by atoms with Crippen LogP contribution in [0.15, 0.2) is 30.3 Å². The Balaban J connectivity index is 2.36. The number of rotatable bonds is 3. The van der Waals surface area contributed by atoms with Gasteiger partial charge in [-0.2, -0.15) is 0 Å². The topological polar surface area (TPSA) is 20.3 Å². The molecule has 0 fully saturated rings. The molecule has 0 N–H and O–H groups in total. The fraction of sp³-hybridized carbons (Fsp3) is 0.267. The number of thiophene rings is 1. The third kappa shape index (κ3) is 3.17. The van der Waals surface area contributed by atoms with Gasteiger partial charge < -0.3 is 4.90 Å². The fourth-order valence-corrected chi connectivity index (χ4v) is 3.10. The van der Waals surface area contributed by atoms with Crippen LogP contribution in [0.25, 0.3) is 0 Å². The number of anilines is 1. The summed E-state index contributed by atoms with van der Waals surface area (Å²) in [6.45, 7) is 6.69. The maximum atomic E-state index is 12.5. The third-order valence-electron chi connectivity index (χ3n) is 2.86. The number of hydrogen-bond acceptors (Lipinski definition) is 2. The molecule has 0 unspecified atom stereocenters. The van der Waals surface area contributed by atoms with Crippen LogP contribution in [0.1, 0.15) is 27.7 Å². The summed E-state index contributed by atoms with van der Waals surface area (Å²) in [7, 11) is 0. The van der Waals surface area contributed by atoms with Gasteiger partial charge in [0.2, 0.25) is 0 Å². The molecule has 1 aromatic carbocycles. The first-order valence-electron chi connectivity index (χ1n) is 6.16. The quantitative estimate of drug-likeness (QED) is 0.804. The molecule has 0 atom stereocenters. The number of hydrogen-bond donors (Lipinski definition) is 0. The molecule has 1 aromatic heterocycles. The summed E-state index contributed by atoms with van der Waals surface area (Å²) < 4.78 is 0.639. The minimum atomic E-state index is 0.00407. The van der Waals surface area contributed by atoms with E-state index >= 15 is 0 Å². The first-order chi connectivity index (χ1) is 9.01. The lowest BCUT2D eigenvalue weighted by atomic mass is 10.1. The van der Waals surface area contributed by atoms with Gasteiger partial charge in [-0.15, -0.1) is 11.3 Å². The molecule has 2 rings (SSSR count). The van der Waals surface area contributed by atoms with Gasteiger partial charge in [0.25, 0.3) is 5.91 Å². The largest absolute Gasteiger partial charge is 0.308 e. The van der Waals surface area contributed by atoms with Crippen molar-refractivity contribution in [3.63, 3.8) is 0 Å². The number of halogens is 1. The van der Waals surface area contributed by atoms with Crippen molar-refractivity contribution in [1.29, 1.82) is 0 Å². The van der Waals surface area contributed by atoms with Gasteiger partial charge in [0, 0.05) is 12.2 Å². The second-order valence-corrected chi connectivity index (χ2v) is 6.21. The van der Waals surface area contributed by atoms with Crippen molar-refractivity contribution in [3.8, 4) is 0 Å². The van der Waals surface area contributed by atoms with Crippen LogP contribution in [-0.4, -0.2) is 12.5 Å². The Hall–Kier alpha value is -1.32. The van der Waals surface area contributed by atoms with Crippen LogP contribution >= 0.6 is 22.9 Å². The smallest absolute Gasteiger partial charge is 0.268 e. The average molecular weight is 294 g/mol. The zero-order valence-electron chi connectivity index (χ0n) is 11.2. The summed E-state index contributed by atoms with van der Waals surface area (Å²) in [6.07, 6.45) is 0. The predicted octanol–water partition coefficient (Wildman–Crippen LogP) is 4.69. The van der Waals surface area contributed by atoms with Gasteiger partial charge in [-0.3, -0.25) is 4.79 Å². The molecule has 19 heavy (non-hydrogen) atoms. The standard InChI is InChI=1S/C15H16ClNOS/c1-4-17(12-8-10(2)7-11(3)9-12)15(18)13-5-6-14(16)19-13/h5-9H,4H2,1-3H3. The first-order valence-corrected chi connectivity index (χ1v) is 7.36. The van der Waals surface area contributed by atoms with Crippen LogP contribution in [0, 0.1) is 13.8 Å². The van der Waals surface area contributed by atoms with E-state index in [0.717, 1.165) is 16.8 Å². The van der Waals surface area contributed by atoms with Crippen molar-refractivity contribution >= 4 is 34.5 Å². The lowest BCUT2D eigenvalue weighted by Crippen LogP contribution is -2.30. The Kier molecular flexibility index (Phi) is 4.27. The number of benzene rings is 1. The molecule has 0 aliphatic heterocycles. The lowest BCUT2D eigenvalue weighted by Gasteiger charge is -2.21. The van der Waals surface area contributed by atoms with E-state index in [0.29, 0.717) is 15.8 Å². The van der Waals surface area contributed by atoms with Crippen LogP contribution in [0.5, 0.6) is 0 Å². The Labute approximate surface area is 122 Å². The number of carbonyl (C=O) groups excluding carboxylic acids is 1.